The second kappa shape index (κ2) is 5.28. The van der Waals surface area contributed by atoms with Crippen LogP contribution in [0.1, 0.15) is 33.3 Å². The summed E-state index contributed by atoms with van der Waals surface area (Å²) < 4.78 is 1.10. The molecule has 1 aromatic heterocycles. The largest absolute Gasteiger partial charge is 0.325 e. The Bertz CT molecular complexity index is 945. The Labute approximate surface area is 137 Å². The van der Waals surface area contributed by atoms with Gasteiger partial charge in [0.05, 0.1) is 21.1 Å². The average Bonchev–Trinajstić information content (AvgIpc) is 3.07. The van der Waals surface area contributed by atoms with E-state index in [1.165, 1.54) is 0 Å². The summed E-state index contributed by atoms with van der Waals surface area (Å²) in [4.78, 5) is 29.0. The summed E-state index contributed by atoms with van der Waals surface area (Å²) in [7, 11) is 0. The summed E-state index contributed by atoms with van der Waals surface area (Å²) in [5.41, 5.74) is 3.08. The van der Waals surface area contributed by atoms with Crippen LogP contribution in [0.5, 0.6) is 0 Å². The number of thiazole rings is 1. The molecule has 0 unspecified atom stereocenters. The lowest BCUT2D eigenvalue weighted by Gasteiger charge is -2.11. The first-order chi connectivity index (χ1) is 11.1. The molecule has 0 saturated carbocycles. The van der Waals surface area contributed by atoms with Gasteiger partial charge in [-0.15, -0.1) is 11.3 Å². The number of Topliss-reactive ketones (excluding diaryl/α,β-unsaturated/α-hetero) is 1. The fourth-order valence-corrected chi connectivity index (χ4v) is 3.85. The molecule has 2 aromatic carbocycles. The minimum Gasteiger partial charge on any atom is -0.325 e. The Morgan fingerprint density at radius 1 is 1.26 bits per heavy atom. The molecular weight excluding hydrogens is 308 g/mol. The maximum Gasteiger partial charge on any atom is 0.232 e. The Kier molecular flexibility index (Phi) is 3.23. The van der Waals surface area contributed by atoms with E-state index in [1.807, 2.05) is 43.3 Å². The van der Waals surface area contributed by atoms with Gasteiger partial charge in [-0.2, -0.15) is 0 Å². The number of ketones is 1. The van der Waals surface area contributed by atoms with Crippen molar-refractivity contribution in [3.8, 4) is 0 Å². The quantitative estimate of drug-likeness (QED) is 0.778. The lowest BCUT2D eigenvalue weighted by atomic mass is 10.0. The molecule has 0 bridgehead atoms. The van der Waals surface area contributed by atoms with Gasteiger partial charge in [-0.25, -0.2) is 4.98 Å². The molecule has 5 heteroatoms. The number of benzene rings is 2. The van der Waals surface area contributed by atoms with Crippen LogP contribution in [0.25, 0.3) is 10.2 Å². The summed E-state index contributed by atoms with van der Waals surface area (Å²) in [6.07, 6.45) is 0.239. The van der Waals surface area contributed by atoms with Crippen LogP contribution in [0.4, 0.5) is 5.69 Å². The SMILES string of the molecule is Cc1nc2cc(NC(=O)[C@H]3CC(=O)c4ccccc43)ccc2s1. The van der Waals surface area contributed by atoms with Crippen LogP contribution in [-0.4, -0.2) is 16.7 Å². The first-order valence-electron chi connectivity index (χ1n) is 7.42. The molecule has 1 aliphatic carbocycles. The van der Waals surface area contributed by atoms with Gasteiger partial charge in [0.1, 0.15) is 0 Å². The van der Waals surface area contributed by atoms with E-state index in [2.05, 4.69) is 10.3 Å². The third-order valence-electron chi connectivity index (χ3n) is 4.10. The number of aromatic nitrogens is 1. The van der Waals surface area contributed by atoms with Crippen molar-refractivity contribution in [1.82, 2.24) is 4.98 Å². The molecule has 3 aromatic rings. The van der Waals surface area contributed by atoms with E-state index in [4.69, 9.17) is 0 Å². The first kappa shape index (κ1) is 14.1. The van der Waals surface area contributed by atoms with Crippen molar-refractivity contribution in [2.75, 3.05) is 5.32 Å². The number of anilines is 1. The zero-order valence-corrected chi connectivity index (χ0v) is 13.3. The molecule has 1 atom stereocenters. The second-order valence-corrected chi connectivity index (χ2v) is 6.91. The van der Waals surface area contributed by atoms with Crippen molar-refractivity contribution >= 4 is 38.9 Å². The normalized spacial score (nSPS) is 16.6. The van der Waals surface area contributed by atoms with Crippen LogP contribution >= 0.6 is 11.3 Å². The van der Waals surface area contributed by atoms with Gasteiger partial charge in [-0.05, 0) is 30.7 Å². The lowest BCUT2D eigenvalue weighted by molar-refractivity contribution is -0.117. The van der Waals surface area contributed by atoms with Gasteiger partial charge >= 0.3 is 0 Å². The Hall–Kier alpha value is -2.53. The lowest BCUT2D eigenvalue weighted by Crippen LogP contribution is -2.19. The summed E-state index contributed by atoms with van der Waals surface area (Å²) in [6.45, 7) is 1.96. The highest BCUT2D eigenvalue weighted by Gasteiger charge is 2.33. The number of hydrogen-bond acceptors (Lipinski definition) is 4. The number of rotatable bonds is 2. The van der Waals surface area contributed by atoms with Gasteiger partial charge in [-0.3, -0.25) is 9.59 Å². The molecule has 0 saturated heterocycles. The van der Waals surface area contributed by atoms with E-state index in [0.29, 0.717) is 11.3 Å². The number of amides is 1. The molecule has 114 valence electrons. The fourth-order valence-electron chi connectivity index (χ4n) is 3.04. The topological polar surface area (TPSA) is 59.1 Å². The highest BCUT2D eigenvalue weighted by Crippen LogP contribution is 2.34. The second-order valence-electron chi connectivity index (χ2n) is 5.67. The van der Waals surface area contributed by atoms with Crippen LogP contribution in [0, 0.1) is 6.92 Å². The molecule has 1 aliphatic rings. The molecule has 1 amide bonds. The highest BCUT2D eigenvalue weighted by molar-refractivity contribution is 7.18. The van der Waals surface area contributed by atoms with Crippen LogP contribution < -0.4 is 5.32 Å². The molecular formula is C18H14N2O2S. The van der Waals surface area contributed by atoms with E-state index < -0.39 is 5.92 Å². The van der Waals surface area contributed by atoms with E-state index in [9.17, 15) is 9.59 Å². The number of carbonyl (C=O) groups is 2. The number of nitrogens with one attached hydrogen (secondary N) is 1. The van der Waals surface area contributed by atoms with Gasteiger partial charge in [-0.1, -0.05) is 24.3 Å². The molecule has 1 N–H and O–H groups in total. The predicted octanol–water partition coefficient (Wildman–Crippen LogP) is 3.91. The monoisotopic (exact) mass is 322 g/mol. The van der Waals surface area contributed by atoms with Crippen molar-refractivity contribution < 1.29 is 9.59 Å². The minimum atomic E-state index is -0.411. The van der Waals surface area contributed by atoms with Crippen molar-refractivity contribution in [2.45, 2.75) is 19.3 Å². The fraction of sp³-hybridized carbons (Fsp3) is 0.167. The van der Waals surface area contributed by atoms with Crippen LogP contribution in [0.15, 0.2) is 42.5 Å². The van der Waals surface area contributed by atoms with E-state index >= 15 is 0 Å². The van der Waals surface area contributed by atoms with Gasteiger partial charge in [0.2, 0.25) is 5.91 Å². The van der Waals surface area contributed by atoms with Crippen molar-refractivity contribution in [2.24, 2.45) is 0 Å². The van der Waals surface area contributed by atoms with Crippen LogP contribution in [-0.2, 0) is 4.79 Å². The summed E-state index contributed by atoms with van der Waals surface area (Å²) in [5.74, 6) is -0.521. The van der Waals surface area contributed by atoms with Gasteiger partial charge in [0.25, 0.3) is 0 Å². The first-order valence-corrected chi connectivity index (χ1v) is 8.23. The zero-order chi connectivity index (χ0) is 16.0. The third kappa shape index (κ3) is 2.43. The number of nitrogens with zero attached hydrogens (tertiary/aromatic N) is 1. The molecule has 0 radical (unpaired) electrons. The van der Waals surface area contributed by atoms with Gasteiger partial charge < -0.3 is 5.32 Å². The van der Waals surface area contributed by atoms with E-state index in [1.54, 1.807) is 17.4 Å². The van der Waals surface area contributed by atoms with Crippen molar-refractivity contribution in [1.29, 1.82) is 0 Å². The minimum absolute atomic E-state index is 0.0336. The molecule has 0 fully saturated rings. The molecule has 1 heterocycles. The molecule has 0 aliphatic heterocycles. The predicted molar refractivity (Wildman–Crippen MR) is 91.1 cm³/mol. The average molecular weight is 322 g/mol. The van der Waals surface area contributed by atoms with Crippen LogP contribution in [0.2, 0.25) is 0 Å². The summed E-state index contributed by atoms with van der Waals surface area (Å²) >= 11 is 1.63. The molecule has 0 spiro atoms. The molecule has 4 rings (SSSR count). The summed E-state index contributed by atoms with van der Waals surface area (Å²) in [6, 6.07) is 13.0. The molecule has 23 heavy (non-hydrogen) atoms. The standard InChI is InChI=1S/C18H14N2O2S/c1-10-19-15-8-11(6-7-17(15)23-10)20-18(22)14-9-16(21)13-5-3-2-4-12(13)14/h2-8,14H,9H2,1H3,(H,20,22)/t14-/m0/s1. The maximum absolute atomic E-state index is 12.6. The number of carbonyl (C=O) groups excluding carboxylic acids is 2. The Morgan fingerprint density at radius 2 is 2.09 bits per heavy atom. The van der Waals surface area contributed by atoms with Crippen molar-refractivity contribution in [3.63, 3.8) is 0 Å². The number of aryl methyl sites for hydroxylation is 1. The zero-order valence-electron chi connectivity index (χ0n) is 12.5. The Balaban J connectivity index is 1.61. The van der Waals surface area contributed by atoms with Gasteiger partial charge in [0, 0.05) is 17.7 Å². The Morgan fingerprint density at radius 3 is 2.96 bits per heavy atom. The van der Waals surface area contributed by atoms with Gasteiger partial charge in [0.15, 0.2) is 5.78 Å². The summed E-state index contributed by atoms with van der Waals surface area (Å²) in [5, 5.41) is 3.92. The molecule has 4 nitrogen and oxygen atoms in total. The van der Waals surface area contributed by atoms with E-state index in [0.717, 1.165) is 20.8 Å². The van der Waals surface area contributed by atoms with Crippen molar-refractivity contribution in [3.05, 3.63) is 58.6 Å². The number of fused-ring (bicyclic) bond motifs is 2. The third-order valence-corrected chi connectivity index (χ3v) is 5.06. The number of hydrogen-bond donors (Lipinski definition) is 1. The van der Waals surface area contributed by atoms with Crippen LogP contribution in [0.3, 0.4) is 0 Å². The maximum atomic E-state index is 12.6. The van der Waals surface area contributed by atoms with E-state index in [-0.39, 0.29) is 18.1 Å². The smallest absolute Gasteiger partial charge is 0.232 e. The highest BCUT2D eigenvalue weighted by atomic mass is 32.1.